The highest BCUT2D eigenvalue weighted by molar-refractivity contribution is 14.1. The number of oxime groups is 1. The molecule has 0 spiro atoms. The average Bonchev–Trinajstić information content (AvgIpc) is 3.42. The molecule has 40 heavy (non-hydrogen) atoms. The van der Waals surface area contributed by atoms with Crippen LogP contribution in [0.25, 0.3) is 0 Å². The molecule has 2 aromatic rings. The van der Waals surface area contributed by atoms with Crippen LogP contribution in [0.1, 0.15) is 79.0 Å². The Morgan fingerprint density at radius 2 is 2.12 bits per heavy atom. The van der Waals surface area contributed by atoms with E-state index in [9.17, 15) is 14.7 Å². The van der Waals surface area contributed by atoms with Gasteiger partial charge in [-0.15, -0.1) is 11.3 Å². The number of aliphatic carboxylic acids is 1. The Morgan fingerprint density at radius 3 is 2.77 bits per heavy atom. The number of halogens is 1. The van der Waals surface area contributed by atoms with Crippen molar-refractivity contribution in [1.82, 2.24) is 9.88 Å². The predicted octanol–water partition coefficient (Wildman–Crippen LogP) is 6.25. The molecule has 2 saturated carbocycles. The maximum absolute atomic E-state index is 12.8. The molecule has 3 aliphatic rings. The predicted molar refractivity (Wildman–Crippen MR) is 166 cm³/mol. The Hall–Kier alpha value is -2.05. The van der Waals surface area contributed by atoms with Crippen LogP contribution in [0.5, 0.6) is 0 Å². The van der Waals surface area contributed by atoms with E-state index in [1.54, 1.807) is 18.2 Å². The second kappa shape index (κ2) is 11.7. The first-order chi connectivity index (χ1) is 19.0. The van der Waals surface area contributed by atoms with Crippen LogP contribution in [0.3, 0.4) is 0 Å². The summed E-state index contributed by atoms with van der Waals surface area (Å²) >= 11 is 3.82. The van der Waals surface area contributed by atoms with Crippen molar-refractivity contribution in [2.75, 3.05) is 26.5 Å². The van der Waals surface area contributed by atoms with Gasteiger partial charge in [-0.3, -0.25) is 14.5 Å². The van der Waals surface area contributed by atoms with Gasteiger partial charge in [-0.05, 0) is 129 Å². The van der Waals surface area contributed by atoms with Gasteiger partial charge in [-0.1, -0.05) is 18.1 Å². The normalized spacial score (nSPS) is 29.0. The molecule has 1 aromatic carbocycles. The van der Waals surface area contributed by atoms with Gasteiger partial charge in [0.25, 0.3) is 0 Å². The summed E-state index contributed by atoms with van der Waals surface area (Å²) in [6, 6.07) is 3.77. The summed E-state index contributed by atoms with van der Waals surface area (Å²) in [4.78, 5) is 37.4. The van der Waals surface area contributed by atoms with Crippen LogP contribution in [0.2, 0.25) is 0 Å². The van der Waals surface area contributed by atoms with E-state index in [4.69, 9.17) is 4.84 Å². The molecule has 0 saturated heterocycles. The number of rotatable bonds is 8. The molecule has 0 aliphatic heterocycles. The fourth-order valence-electron chi connectivity index (χ4n) is 7.96. The number of carbonyl (C=O) groups is 2. The fraction of sp³-hybridized carbons (Fsp3) is 0.600. The first kappa shape index (κ1) is 29.4. The summed E-state index contributed by atoms with van der Waals surface area (Å²) in [7, 11) is 5.27. The van der Waals surface area contributed by atoms with Crippen LogP contribution in [-0.4, -0.2) is 53.8 Å². The van der Waals surface area contributed by atoms with Crippen molar-refractivity contribution in [3.63, 3.8) is 0 Å². The number of hydrogen-bond donors (Lipinski definition) is 2. The van der Waals surface area contributed by atoms with Gasteiger partial charge in [0.2, 0.25) is 5.91 Å². The van der Waals surface area contributed by atoms with Crippen LogP contribution in [0.4, 0.5) is 5.13 Å². The third kappa shape index (κ3) is 5.43. The number of anilines is 1. The highest BCUT2D eigenvalue weighted by Gasteiger charge is 2.57. The molecule has 2 N–H and O–H groups in total. The minimum atomic E-state index is -0.822. The monoisotopic (exact) mass is 678 g/mol. The van der Waals surface area contributed by atoms with Crippen molar-refractivity contribution in [2.45, 2.75) is 70.8 Å². The molecular formula is C30H39IN4O4S. The van der Waals surface area contributed by atoms with E-state index >= 15 is 0 Å². The lowest BCUT2D eigenvalue weighted by atomic mass is 9.54. The molecule has 10 heteroatoms. The highest BCUT2D eigenvalue weighted by atomic mass is 127. The first-order valence-corrected chi connectivity index (χ1v) is 16.0. The number of thiazole rings is 1. The number of nitrogens with one attached hydrogen (secondary N) is 1. The van der Waals surface area contributed by atoms with Crippen LogP contribution in [0.15, 0.2) is 23.5 Å². The molecule has 1 heterocycles. The number of benzene rings is 1. The molecular weight excluding hydrogens is 639 g/mol. The lowest BCUT2D eigenvalue weighted by Gasteiger charge is -2.50. The van der Waals surface area contributed by atoms with Crippen molar-refractivity contribution in [3.05, 3.63) is 43.5 Å². The van der Waals surface area contributed by atoms with Gasteiger partial charge in [0, 0.05) is 26.5 Å². The first-order valence-electron chi connectivity index (χ1n) is 14.1. The van der Waals surface area contributed by atoms with Gasteiger partial charge in [-0.2, -0.15) is 0 Å². The van der Waals surface area contributed by atoms with Gasteiger partial charge >= 0.3 is 5.97 Å². The third-order valence-corrected chi connectivity index (χ3v) is 11.3. The van der Waals surface area contributed by atoms with Crippen LogP contribution < -0.4 is 5.32 Å². The molecule has 5 rings (SSSR count). The molecule has 0 bridgehead atoms. The van der Waals surface area contributed by atoms with Gasteiger partial charge in [0.05, 0.1) is 5.71 Å². The zero-order valence-electron chi connectivity index (χ0n) is 23.9. The molecule has 3 aliphatic carbocycles. The number of aryl methyl sites for hydroxylation is 2. The summed E-state index contributed by atoms with van der Waals surface area (Å²) in [5, 5.41) is 18.1. The summed E-state index contributed by atoms with van der Waals surface area (Å²) in [6.45, 7) is 4.35. The standard InChI is InChI=1S/C30H39IN4O4S/c1-16-15-32-29(40-16)33-25(36)9-7-18-13-24(34-39-5)30(2)11-10-19-20(26(18)30)8-6-17-12-22(23(31)14-21(17)19)27(28(37)38)35(3)4/h12,14-15,18-20,26-27H,6-11,13H2,1-5H3,(H,37,38)(H,32,33,36)/b34-24+/t18-,19?,20?,26?,27?,30-/m1/s1. The number of amides is 1. The smallest absolute Gasteiger partial charge is 0.325 e. The maximum Gasteiger partial charge on any atom is 0.325 e. The Labute approximate surface area is 254 Å². The van der Waals surface area contributed by atoms with Crippen LogP contribution >= 0.6 is 33.9 Å². The van der Waals surface area contributed by atoms with Gasteiger partial charge in [0.1, 0.15) is 13.2 Å². The number of nitrogens with zero attached hydrogens (tertiary/aromatic N) is 3. The van der Waals surface area contributed by atoms with Crippen LogP contribution in [-0.2, 0) is 20.8 Å². The number of carbonyl (C=O) groups excluding carboxylic acids is 1. The lowest BCUT2D eigenvalue weighted by molar-refractivity contribution is -0.142. The Morgan fingerprint density at radius 1 is 1.35 bits per heavy atom. The number of hydrogen-bond acceptors (Lipinski definition) is 7. The molecule has 8 nitrogen and oxygen atoms in total. The number of likely N-dealkylation sites (N-methyl/N-ethyl adjacent to an activating group) is 1. The molecule has 4 unspecified atom stereocenters. The zero-order valence-corrected chi connectivity index (χ0v) is 26.8. The number of aromatic nitrogens is 1. The zero-order chi connectivity index (χ0) is 28.8. The van der Waals surface area contributed by atoms with Crippen molar-refractivity contribution in [1.29, 1.82) is 0 Å². The van der Waals surface area contributed by atoms with E-state index in [1.165, 1.54) is 22.5 Å². The second-order valence-electron chi connectivity index (χ2n) is 12.1. The largest absolute Gasteiger partial charge is 0.480 e. The fourth-order valence-corrected chi connectivity index (χ4v) is 9.43. The molecule has 1 aromatic heterocycles. The van der Waals surface area contributed by atoms with Crippen LogP contribution in [0, 0.1) is 33.7 Å². The minimum Gasteiger partial charge on any atom is -0.480 e. The summed E-state index contributed by atoms with van der Waals surface area (Å²) in [6.07, 6.45) is 8.06. The van der Waals surface area contributed by atoms with Gasteiger partial charge in [-0.25, -0.2) is 4.98 Å². The summed E-state index contributed by atoms with van der Waals surface area (Å²) < 4.78 is 1.02. The van der Waals surface area contributed by atoms with E-state index < -0.39 is 12.0 Å². The van der Waals surface area contributed by atoms with Crippen molar-refractivity contribution >= 4 is 56.6 Å². The van der Waals surface area contributed by atoms with Crippen molar-refractivity contribution in [2.24, 2.45) is 28.3 Å². The topological polar surface area (TPSA) is 104 Å². The number of carboxylic acid groups (broad SMARTS) is 1. The van der Waals surface area contributed by atoms with E-state index in [1.807, 2.05) is 21.0 Å². The second-order valence-corrected chi connectivity index (χ2v) is 14.5. The maximum atomic E-state index is 12.8. The Bertz CT molecular complexity index is 1330. The quantitative estimate of drug-likeness (QED) is 0.253. The number of carboxylic acids is 1. The Kier molecular flexibility index (Phi) is 8.60. The molecule has 0 radical (unpaired) electrons. The third-order valence-electron chi connectivity index (χ3n) is 9.57. The van der Waals surface area contributed by atoms with E-state index in [0.717, 1.165) is 58.2 Å². The van der Waals surface area contributed by atoms with E-state index in [0.29, 0.717) is 35.2 Å². The lowest BCUT2D eigenvalue weighted by Crippen LogP contribution is -2.44. The molecule has 216 valence electrons. The molecule has 2 fully saturated rings. The summed E-state index contributed by atoms with van der Waals surface area (Å²) in [5.74, 6) is 0.914. The SMILES string of the molecule is CO/N=C1\C[C@@H](CCC(=O)Nc2ncc(C)s2)C2C3CCc4cc(C(C(=O)O)N(C)C)c(I)cc4C3CC[C@]12C. The molecule has 6 atom stereocenters. The van der Waals surface area contributed by atoms with E-state index in [-0.39, 0.29) is 11.3 Å². The average molecular weight is 679 g/mol. The Balaban J connectivity index is 1.41. The van der Waals surface area contributed by atoms with E-state index in [2.05, 4.69) is 57.1 Å². The van der Waals surface area contributed by atoms with Gasteiger partial charge in [0.15, 0.2) is 5.13 Å². The van der Waals surface area contributed by atoms with Crippen molar-refractivity contribution in [3.8, 4) is 0 Å². The van der Waals surface area contributed by atoms with Gasteiger partial charge < -0.3 is 15.3 Å². The highest BCUT2D eigenvalue weighted by Crippen LogP contribution is 2.62. The number of fused-ring (bicyclic) bond motifs is 5. The minimum absolute atomic E-state index is 0.0190. The van der Waals surface area contributed by atoms with Crippen molar-refractivity contribution < 1.29 is 19.5 Å². The summed E-state index contributed by atoms with van der Waals surface area (Å²) in [5.41, 5.74) is 4.68. The molecule has 1 amide bonds.